The van der Waals surface area contributed by atoms with Gasteiger partial charge in [0.15, 0.2) is 0 Å². The van der Waals surface area contributed by atoms with Gasteiger partial charge in [-0.05, 0) is 39.3 Å². The average molecular weight is 386 g/mol. The first-order valence-electron chi connectivity index (χ1n) is 9.94. The molecule has 0 fully saturated rings. The number of amides is 1. The number of aromatic nitrogens is 4. The highest BCUT2D eigenvalue weighted by molar-refractivity contribution is 5.99. The Morgan fingerprint density at radius 3 is 2.64 bits per heavy atom. The third-order valence-corrected chi connectivity index (χ3v) is 3.89. The number of alkyl carbamates (subject to hydrolysis) is 1. The Balaban J connectivity index is 0.00000136. The minimum Gasteiger partial charge on any atom is -0.444 e. The molecular formula is C21H31N5O2. The lowest BCUT2D eigenvalue weighted by molar-refractivity contribution is 0.0526. The van der Waals surface area contributed by atoms with E-state index in [4.69, 9.17) is 9.72 Å². The summed E-state index contributed by atoms with van der Waals surface area (Å²) in [5.41, 5.74) is 2.95. The molecule has 0 aromatic carbocycles. The standard InChI is InChI=1S/C19H25N5O2.C2H6/c1-5-7-15-23-14-12-22-13-8-6-9-20-16(13)17(14)24(15)11-10-21-18(25)26-19(2,3)4;1-2/h6,8-9,12H,5,7,10-11H2,1-4H3,(H,21,25);1-2H3. The van der Waals surface area contributed by atoms with Crippen molar-refractivity contribution in [1.82, 2.24) is 24.8 Å². The summed E-state index contributed by atoms with van der Waals surface area (Å²) in [7, 11) is 0. The second-order valence-electron chi connectivity index (χ2n) is 7.22. The number of carbonyl (C=O) groups is 1. The van der Waals surface area contributed by atoms with Crippen molar-refractivity contribution in [1.29, 1.82) is 0 Å². The summed E-state index contributed by atoms with van der Waals surface area (Å²) in [6.07, 6.45) is 4.98. The second-order valence-corrected chi connectivity index (χ2v) is 7.22. The van der Waals surface area contributed by atoms with E-state index in [2.05, 4.69) is 26.8 Å². The molecule has 0 aliphatic carbocycles. The van der Waals surface area contributed by atoms with Crippen molar-refractivity contribution in [3.63, 3.8) is 0 Å². The van der Waals surface area contributed by atoms with Crippen LogP contribution in [0.3, 0.4) is 0 Å². The van der Waals surface area contributed by atoms with Crippen molar-refractivity contribution in [2.45, 2.75) is 66.5 Å². The van der Waals surface area contributed by atoms with Gasteiger partial charge in [-0.15, -0.1) is 0 Å². The minimum absolute atomic E-state index is 0.413. The van der Waals surface area contributed by atoms with Crippen LogP contribution in [0.1, 0.15) is 53.8 Å². The molecule has 0 spiro atoms. The van der Waals surface area contributed by atoms with Crippen LogP contribution in [0.15, 0.2) is 24.5 Å². The summed E-state index contributed by atoms with van der Waals surface area (Å²) in [5, 5.41) is 2.81. The number of hydrogen-bond donors (Lipinski definition) is 1. The summed E-state index contributed by atoms with van der Waals surface area (Å²) in [6, 6.07) is 3.82. The lowest BCUT2D eigenvalue weighted by Gasteiger charge is -2.20. The highest BCUT2D eigenvalue weighted by atomic mass is 16.6. The highest BCUT2D eigenvalue weighted by Crippen LogP contribution is 2.23. The number of hydrogen-bond acceptors (Lipinski definition) is 5. The van der Waals surface area contributed by atoms with Crippen LogP contribution in [0, 0.1) is 0 Å². The smallest absolute Gasteiger partial charge is 0.407 e. The van der Waals surface area contributed by atoms with Gasteiger partial charge in [-0.25, -0.2) is 9.78 Å². The third kappa shape index (κ3) is 5.18. The molecule has 0 aliphatic heterocycles. The number of pyridine rings is 2. The van der Waals surface area contributed by atoms with Gasteiger partial charge < -0.3 is 14.6 Å². The first kappa shape index (κ1) is 21.6. The summed E-state index contributed by atoms with van der Waals surface area (Å²) < 4.78 is 7.43. The third-order valence-electron chi connectivity index (χ3n) is 3.89. The number of nitrogens with one attached hydrogen (secondary N) is 1. The zero-order chi connectivity index (χ0) is 20.7. The summed E-state index contributed by atoms with van der Waals surface area (Å²) >= 11 is 0. The van der Waals surface area contributed by atoms with Gasteiger partial charge >= 0.3 is 6.09 Å². The van der Waals surface area contributed by atoms with E-state index in [1.807, 2.05) is 46.8 Å². The first-order chi connectivity index (χ1) is 13.4. The summed E-state index contributed by atoms with van der Waals surface area (Å²) in [6.45, 7) is 12.7. The van der Waals surface area contributed by atoms with Crippen LogP contribution in [0.5, 0.6) is 0 Å². The van der Waals surface area contributed by atoms with E-state index in [1.165, 1.54) is 0 Å². The zero-order valence-electron chi connectivity index (χ0n) is 17.7. The maximum Gasteiger partial charge on any atom is 0.407 e. The molecule has 0 aliphatic rings. The van der Waals surface area contributed by atoms with Crippen molar-refractivity contribution >= 4 is 28.2 Å². The number of nitrogens with zero attached hydrogens (tertiary/aromatic N) is 4. The molecule has 0 radical (unpaired) electrons. The normalized spacial score (nSPS) is 11.2. The van der Waals surface area contributed by atoms with Crippen molar-refractivity contribution in [2.24, 2.45) is 0 Å². The van der Waals surface area contributed by atoms with Gasteiger partial charge in [0, 0.05) is 25.7 Å². The predicted molar refractivity (Wildman–Crippen MR) is 112 cm³/mol. The summed E-state index contributed by atoms with van der Waals surface area (Å²) in [5.74, 6) is 0.980. The van der Waals surface area contributed by atoms with E-state index in [-0.39, 0.29) is 0 Å². The molecule has 0 atom stereocenters. The maximum absolute atomic E-state index is 11.9. The zero-order valence-corrected chi connectivity index (χ0v) is 17.7. The van der Waals surface area contributed by atoms with Crippen LogP contribution in [0.2, 0.25) is 0 Å². The quantitative estimate of drug-likeness (QED) is 0.700. The van der Waals surface area contributed by atoms with Crippen LogP contribution in [0.25, 0.3) is 22.1 Å². The Bertz CT molecular complexity index is 928. The molecule has 0 unspecified atom stereocenters. The van der Waals surface area contributed by atoms with Gasteiger partial charge in [0.2, 0.25) is 0 Å². The van der Waals surface area contributed by atoms with E-state index in [1.54, 1.807) is 12.4 Å². The number of fused-ring (bicyclic) bond motifs is 3. The molecule has 1 amide bonds. The van der Waals surface area contributed by atoms with Crippen LogP contribution in [0.4, 0.5) is 4.79 Å². The van der Waals surface area contributed by atoms with Gasteiger partial charge in [0.05, 0.1) is 17.2 Å². The fourth-order valence-corrected chi connectivity index (χ4v) is 2.91. The van der Waals surface area contributed by atoms with Gasteiger partial charge in [-0.3, -0.25) is 9.97 Å². The molecular weight excluding hydrogens is 354 g/mol. The van der Waals surface area contributed by atoms with Gasteiger partial charge in [0.1, 0.15) is 22.5 Å². The molecule has 3 aromatic heterocycles. The van der Waals surface area contributed by atoms with E-state index in [0.29, 0.717) is 13.1 Å². The van der Waals surface area contributed by atoms with Crippen molar-refractivity contribution in [3.05, 3.63) is 30.4 Å². The fourth-order valence-electron chi connectivity index (χ4n) is 2.91. The molecule has 28 heavy (non-hydrogen) atoms. The Labute approximate surface area is 166 Å². The fraction of sp³-hybridized carbons (Fsp3) is 0.524. The Kier molecular flexibility index (Phi) is 7.31. The van der Waals surface area contributed by atoms with Crippen LogP contribution >= 0.6 is 0 Å². The van der Waals surface area contributed by atoms with Crippen molar-refractivity contribution in [3.8, 4) is 0 Å². The molecule has 7 nitrogen and oxygen atoms in total. The number of ether oxygens (including phenoxy) is 1. The molecule has 152 valence electrons. The Morgan fingerprint density at radius 2 is 1.96 bits per heavy atom. The number of carbonyl (C=O) groups excluding carboxylic acids is 1. The Hall–Kier alpha value is -2.70. The van der Waals surface area contributed by atoms with E-state index in [0.717, 1.165) is 40.7 Å². The minimum atomic E-state index is -0.509. The molecule has 1 N–H and O–H groups in total. The van der Waals surface area contributed by atoms with Crippen molar-refractivity contribution in [2.75, 3.05) is 6.54 Å². The van der Waals surface area contributed by atoms with Crippen molar-refractivity contribution < 1.29 is 9.53 Å². The number of rotatable bonds is 5. The topological polar surface area (TPSA) is 81.9 Å². The SMILES string of the molecule is CC.CCCc1nc2cnc3cccnc3c2n1CCNC(=O)OC(C)(C)C. The van der Waals surface area contributed by atoms with E-state index < -0.39 is 11.7 Å². The molecule has 3 aromatic rings. The molecule has 0 bridgehead atoms. The second kappa shape index (κ2) is 9.48. The average Bonchev–Trinajstić information content (AvgIpc) is 3.00. The number of aryl methyl sites for hydroxylation is 1. The number of imidazole rings is 1. The van der Waals surface area contributed by atoms with Crippen LogP contribution < -0.4 is 5.32 Å². The van der Waals surface area contributed by atoms with Gasteiger partial charge in [0.25, 0.3) is 0 Å². The lowest BCUT2D eigenvalue weighted by atomic mass is 10.2. The van der Waals surface area contributed by atoms with Gasteiger partial charge in [-0.2, -0.15) is 0 Å². The van der Waals surface area contributed by atoms with Gasteiger partial charge in [-0.1, -0.05) is 20.8 Å². The van der Waals surface area contributed by atoms with E-state index in [9.17, 15) is 4.79 Å². The first-order valence-corrected chi connectivity index (χ1v) is 9.94. The van der Waals surface area contributed by atoms with Crippen LogP contribution in [-0.4, -0.2) is 37.8 Å². The Morgan fingerprint density at radius 1 is 1.21 bits per heavy atom. The van der Waals surface area contributed by atoms with E-state index >= 15 is 0 Å². The summed E-state index contributed by atoms with van der Waals surface area (Å²) in [4.78, 5) is 25.6. The monoisotopic (exact) mass is 385 g/mol. The lowest BCUT2D eigenvalue weighted by Crippen LogP contribution is -2.34. The molecule has 7 heteroatoms. The predicted octanol–water partition coefficient (Wildman–Crippen LogP) is 4.48. The highest BCUT2D eigenvalue weighted by Gasteiger charge is 2.17. The molecule has 3 rings (SSSR count). The maximum atomic E-state index is 11.9. The molecule has 0 saturated carbocycles. The largest absolute Gasteiger partial charge is 0.444 e. The molecule has 0 saturated heterocycles. The van der Waals surface area contributed by atoms with Crippen LogP contribution in [-0.2, 0) is 17.7 Å². The molecule has 3 heterocycles.